The number of amides is 2. The predicted molar refractivity (Wildman–Crippen MR) is 97.7 cm³/mol. The summed E-state index contributed by atoms with van der Waals surface area (Å²) in [5, 5.41) is 23.2. The first-order valence-corrected chi connectivity index (χ1v) is 8.02. The normalized spacial score (nSPS) is 12.8. The zero-order valence-corrected chi connectivity index (χ0v) is 14.9. The standard InChI is InChI=1S/C19H22N2O5/c1-12-8-13(2)10-16(9-12)26-15-6-4-14(5-7-15)21-18(24)20-11-19(3,25)17(22)23/h4-10,25H,11H2,1-3H3,(H,22,23)(H2,20,21,24). The van der Waals surface area contributed by atoms with Crippen molar-refractivity contribution in [2.75, 3.05) is 11.9 Å². The predicted octanol–water partition coefficient (Wildman–Crippen LogP) is 3.05. The molecule has 0 fully saturated rings. The smallest absolute Gasteiger partial charge is 0.337 e. The molecule has 1 unspecified atom stereocenters. The van der Waals surface area contributed by atoms with E-state index < -0.39 is 24.1 Å². The first-order valence-electron chi connectivity index (χ1n) is 8.02. The minimum absolute atomic E-state index is 0.415. The monoisotopic (exact) mass is 358 g/mol. The number of hydrogen-bond acceptors (Lipinski definition) is 4. The fraction of sp³-hybridized carbons (Fsp3) is 0.263. The van der Waals surface area contributed by atoms with E-state index in [2.05, 4.69) is 16.7 Å². The Morgan fingerprint density at radius 1 is 1.04 bits per heavy atom. The van der Waals surface area contributed by atoms with Crippen LogP contribution in [-0.4, -0.2) is 34.4 Å². The molecular formula is C19H22N2O5. The lowest BCUT2D eigenvalue weighted by atomic mass is 10.1. The summed E-state index contributed by atoms with van der Waals surface area (Å²) in [5.74, 6) is -0.0580. The molecule has 4 N–H and O–H groups in total. The molecule has 2 rings (SSSR count). The maximum Gasteiger partial charge on any atom is 0.337 e. The molecule has 2 aromatic carbocycles. The van der Waals surface area contributed by atoms with E-state index in [0.717, 1.165) is 23.8 Å². The van der Waals surface area contributed by atoms with Gasteiger partial charge in [0.15, 0.2) is 5.60 Å². The lowest BCUT2D eigenvalue weighted by Gasteiger charge is -2.18. The third kappa shape index (κ3) is 5.49. The van der Waals surface area contributed by atoms with Crippen LogP contribution in [0.15, 0.2) is 42.5 Å². The van der Waals surface area contributed by atoms with Gasteiger partial charge in [0.25, 0.3) is 0 Å². The van der Waals surface area contributed by atoms with E-state index in [0.29, 0.717) is 11.4 Å². The zero-order chi connectivity index (χ0) is 19.3. The van der Waals surface area contributed by atoms with Crippen LogP contribution in [0.1, 0.15) is 18.1 Å². The van der Waals surface area contributed by atoms with Crippen molar-refractivity contribution in [2.45, 2.75) is 26.4 Å². The number of hydrogen-bond donors (Lipinski definition) is 4. The number of carboxylic acids is 1. The van der Waals surface area contributed by atoms with Crippen LogP contribution >= 0.6 is 0 Å². The fourth-order valence-electron chi connectivity index (χ4n) is 2.24. The average Bonchev–Trinajstić information content (AvgIpc) is 2.54. The molecule has 0 bridgehead atoms. The molecule has 0 aliphatic carbocycles. The summed E-state index contributed by atoms with van der Waals surface area (Å²) in [4.78, 5) is 22.6. The van der Waals surface area contributed by atoms with Gasteiger partial charge in [-0.3, -0.25) is 0 Å². The molecule has 0 spiro atoms. The van der Waals surface area contributed by atoms with E-state index >= 15 is 0 Å². The number of urea groups is 1. The molecule has 2 amide bonds. The van der Waals surface area contributed by atoms with Crippen molar-refractivity contribution < 1.29 is 24.5 Å². The second-order valence-corrected chi connectivity index (χ2v) is 6.34. The minimum atomic E-state index is -2.03. The van der Waals surface area contributed by atoms with Crippen molar-refractivity contribution in [3.05, 3.63) is 53.6 Å². The summed E-state index contributed by atoms with van der Waals surface area (Å²) < 4.78 is 5.79. The molecule has 0 saturated carbocycles. The summed E-state index contributed by atoms with van der Waals surface area (Å²) in [5.41, 5.74) is 0.686. The molecule has 7 heteroatoms. The van der Waals surface area contributed by atoms with Crippen molar-refractivity contribution in [1.29, 1.82) is 0 Å². The first-order chi connectivity index (χ1) is 12.2. The number of aryl methyl sites for hydroxylation is 2. The molecule has 0 aromatic heterocycles. The highest BCUT2D eigenvalue weighted by atomic mass is 16.5. The van der Waals surface area contributed by atoms with Crippen LogP contribution in [0.3, 0.4) is 0 Å². The topological polar surface area (TPSA) is 108 Å². The quantitative estimate of drug-likeness (QED) is 0.635. The van der Waals surface area contributed by atoms with Gasteiger partial charge in [0, 0.05) is 5.69 Å². The first kappa shape index (κ1) is 19.3. The highest BCUT2D eigenvalue weighted by Gasteiger charge is 2.30. The Morgan fingerprint density at radius 3 is 2.15 bits per heavy atom. The minimum Gasteiger partial charge on any atom is -0.479 e. The van der Waals surface area contributed by atoms with E-state index in [4.69, 9.17) is 9.84 Å². The molecule has 7 nitrogen and oxygen atoms in total. The van der Waals surface area contributed by atoms with Crippen molar-refractivity contribution in [2.24, 2.45) is 0 Å². The van der Waals surface area contributed by atoms with E-state index in [9.17, 15) is 14.7 Å². The fourth-order valence-corrected chi connectivity index (χ4v) is 2.24. The molecule has 0 aliphatic rings. The third-order valence-corrected chi connectivity index (χ3v) is 3.60. The van der Waals surface area contributed by atoms with Gasteiger partial charge in [-0.1, -0.05) is 6.07 Å². The average molecular weight is 358 g/mol. The van der Waals surface area contributed by atoms with Crippen LogP contribution in [0.4, 0.5) is 10.5 Å². The Balaban J connectivity index is 1.92. The number of nitrogens with one attached hydrogen (secondary N) is 2. The lowest BCUT2D eigenvalue weighted by molar-refractivity contribution is -0.155. The second-order valence-electron chi connectivity index (χ2n) is 6.34. The number of ether oxygens (including phenoxy) is 1. The van der Waals surface area contributed by atoms with Crippen LogP contribution in [0, 0.1) is 13.8 Å². The van der Waals surface area contributed by atoms with Crippen LogP contribution in [0.2, 0.25) is 0 Å². The number of aliphatic hydroxyl groups is 1. The molecule has 0 heterocycles. The highest BCUT2D eigenvalue weighted by Crippen LogP contribution is 2.25. The Morgan fingerprint density at radius 2 is 1.62 bits per heavy atom. The van der Waals surface area contributed by atoms with Crippen molar-refractivity contribution in [3.8, 4) is 11.5 Å². The third-order valence-electron chi connectivity index (χ3n) is 3.60. The lowest BCUT2D eigenvalue weighted by Crippen LogP contribution is -2.47. The van der Waals surface area contributed by atoms with Gasteiger partial charge in [-0.15, -0.1) is 0 Å². The maximum absolute atomic E-state index is 11.8. The maximum atomic E-state index is 11.8. The van der Waals surface area contributed by atoms with Gasteiger partial charge >= 0.3 is 12.0 Å². The van der Waals surface area contributed by atoms with Gasteiger partial charge in [-0.25, -0.2) is 9.59 Å². The highest BCUT2D eigenvalue weighted by molar-refractivity contribution is 5.90. The van der Waals surface area contributed by atoms with Crippen LogP contribution in [-0.2, 0) is 4.79 Å². The summed E-state index contributed by atoms with van der Waals surface area (Å²) in [6, 6.07) is 12.0. The van der Waals surface area contributed by atoms with Crippen LogP contribution in [0.25, 0.3) is 0 Å². The Hall–Kier alpha value is -3.06. The van der Waals surface area contributed by atoms with Crippen LogP contribution in [0.5, 0.6) is 11.5 Å². The van der Waals surface area contributed by atoms with Crippen LogP contribution < -0.4 is 15.4 Å². The van der Waals surface area contributed by atoms with Crippen molar-refractivity contribution in [1.82, 2.24) is 5.32 Å². The van der Waals surface area contributed by atoms with Gasteiger partial charge in [-0.05, 0) is 68.3 Å². The van der Waals surface area contributed by atoms with Gasteiger partial charge in [0.1, 0.15) is 11.5 Å². The Labute approximate surface area is 151 Å². The Kier molecular flexibility index (Phi) is 5.84. The molecule has 1 atom stereocenters. The summed E-state index contributed by atoms with van der Waals surface area (Å²) in [7, 11) is 0. The van der Waals surface area contributed by atoms with E-state index in [1.807, 2.05) is 26.0 Å². The van der Waals surface area contributed by atoms with Crippen molar-refractivity contribution in [3.63, 3.8) is 0 Å². The second kappa shape index (κ2) is 7.88. The summed E-state index contributed by atoms with van der Waals surface area (Å²) >= 11 is 0. The Bertz CT molecular complexity index is 780. The molecule has 0 saturated heterocycles. The van der Waals surface area contributed by atoms with Gasteiger partial charge in [-0.2, -0.15) is 0 Å². The molecule has 26 heavy (non-hydrogen) atoms. The van der Waals surface area contributed by atoms with Gasteiger partial charge < -0.3 is 25.6 Å². The summed E-state index contributed by atoms with van der Waals surface area (Å²) in [6.45, 7) is 4.68. The number of rotatable bonds is 6. The van der Waals surface area contributed by atoms with Gasteiger partial charge in [0.05, 0.1) is 6.54 Å². The van der Waals surface area contributed by atoms with E-state index in [1.54, 1.807) is 24.3 Å². The number of carbonyl (C=O) groups is 2. The van der Waals surface area contributed by atoms with E-state index in [-0.39, 0.29) is 0 Å². The summed E-state index contributed by atoms with van der Waals surface area (Å²) in [6.07, 6.45) is 0. The van der Waals surface area contributed by atoms with Crippen molar-refractivity contribution >= 4 is 17.7 Å². The number of carboxylic acid groups (broad SMARTS) is 1. The van der Waals surface area contributed by atoms with E-state index in [1.165, 1.54) is 0 Å². The number of aliphatic carboxylic acids is 1. The number of benzene rings is 2. The molecule has 2 aromatic rings. The zero-order valence-electron chi connectivity index (χ0n) is 14.9. The molecule has 0 radical (unpaired) electrons. The number of anilines is 1. The van der Waals surface area contributed by atoms with Gasteiger partial charge in [0.2, 0.25) is 0 Å². The SMILES string of the molecule is Cc1cc(C)cc(Oc2ccc(NC(=O)NCC(C)(O)C(=O)O)cc2)c1. The molecule has 138 valence electrons. The molecule has 0 aliphatic heterocycles. The molecular weight excluding hydrogens is 336 g/mol. The number of carbonyl (C=O) groups excluding carboxylic acids is 1. The largest absolute Gasteiger partial charge is 0.479 e.